The first-order valence-corrected chi connectivity index (χ1v) is 6.57. The molecule has 1 unspecified atom stereocenters. The topological polar surface area (TPSA) is 78.4 Å². The van der Waals surface area contributed by atoms with Crippen molar-refractivity contribution < 1.29 is 14.7 Å². The van der Waals surface area contributed by atoms with Crippen LogP contribution in [0.25, 0.3) is 0 Å². The summed E-state index contributed by atoms with van der Waals surface area (Å²) in [5.74, 6) is -0.472. The Labute approximate surface area is 108 Å². The number of carbonyl (C=O) groups excluding carboxylic acids is 1. The highest BCUT2D eigenvalue weighted by atomic mass is 16.4. The van der Waals surface area contributed by atoms with Crippen LogP contribution in [-0.2, 0) is 4.79 Å². The summed E-state index contributed by atoms with van der Waals surface area (Å²) in [6.07, 6.45) is 1.86. The molecule has 0 aliphatic heterocycles. The number of nitrogens with one attached hydrogen (secondary N) is 2. The van der Waals surface area contributed by atoms with Gasteiger partial charge in [0, 0.05) is 6.54 Å². The third kappa shape index (κ3) is 3.15. The first-order valence-electron chi connectivity index (χ1n) is 6.57. The van der Waals surface area contributed by atoms with E-state index in [-0.39, 0.29) is 6.03 Å². The number of carboxylic acids is 1. The third-order valence-corrected chi connectivity index (χ3v) is 4.20. The second-order valence-electron chi connectivity index (χ2n) is 5.82. The molecular formula is C13H24N2O3. The Bertz CT molecular complexity index is 335. The van der Waals surface area contributed by atoms with E-state index < -0.39 is 11.5 Å². The summed E-state index contributed by atoms with van der Waals surface area (Å²) >= 11 is 0. The van der Waals surface area contributed by atoms with Crippen LogP contribution in [0.15, 0.2) is 0 Å². The number of urea groups is 1. The molecule has 0 radical (unpaired) electrons. The molecule has 0 saturated heterocycles. The van der Waals surface area contributed by atoms with Crippen molar-refractivity contribution in [3.8, 4) is 0 Å². The SMILES string of the molecule is CCC(CC)(NC(=O)NCC1CC1(C)C)C(=O)O. The van der Waals surface area contributed by atoms with E-state index in [0.717, 1.165) is 6.42 Å². The molecule has 1 fully saturated rings. The second kappa shape index (κ2) is 5.16. The molecule has 0 aromatic carbocycles. The number of carbonyl (C=O) groups is 2. The summed E-state index contributed by atoms with van der Waals surface area (Å²) in [5, 5.41) is 14.6. The van der Waals surface area contributed by atoms with E-state index in [9.17, 15) is 14.7 Å². The van der Waals surface area contributed by atoms with Crippen molar-refractivity contribution in [2.75, 3.05) is 6.54 Å². The Hall–Kier alpha value is -1.26. The van der Waals surface area contributed by atoms with Gasteiger partial charge in [-0.05, 0) is 30.6 Å². The number of carboxylic acid groups (broad SMARTS) is 1. The van der Waals surface area contributed by atoms with Crippen molar-refractivity contribution >= 4 is 12.0 Å². The highest BCUT2D eigenvalue weighted by molar-refractivity contribution is 5.86. The lowest BCUT2D eigenvalue weighted by Crippen LogP contribution is -2.56. The first kappa shape index (κ1) is 14.8. The summed E-state index contributed by atoms with van der Waals surface area (Å²) in [6.45, 7) is 8.47. The zero-order chi connectivity index (χ0) is 14.0. The number of amides is 2. The molecule has 1 atom stereocenters. The zero-order valence-corrected chi connectivity index (χ0v) is 11.7. The van der Waals surface area contributed by atoms with Gasteiger partial charge in [-0.1, -0.05) is 27.7 Å². The van der Waals surface area contributed by atoms with E-state index in [2.05, 4.69) is 24.5 Å². The van der Waals surface area contributed by atoms with Crippen molar-refractivity contribution in [1.82, 2.24) is 10.6 Å². The number of hydrogen-bond acceptors (Lipinski definition) is 2. The van der Waals surface area contributed by atoms with Crippen molar-refractivity contribution in [2.24, 2.45) is 11.3 Å². The maximum Gasteiger partial charge on any atom is 0.329 e. The second-order valence-corrected chi connectivity index (χ2v) is 5.82. The van der Waals surface area contributed by atoms with Crippen molar-refractivity contribution in [1.29, 1.82) is 0 Å². The molecule has 0 spiro atoms. The molecule has 1 aliphatic rings. The molecule has 104 valence electrons. The largest absolute Gasteiger partial charge is 0.480 e. The van der Waals surface area contributed by atoms with Gasteiger partial charge in [0.2, 0.25) is 0 Å². The molecule has 0 bridgehead atoms. The van der Waals surface area contributed by atoms with Crippen LogP contribution in [0.3, 0.4) is 0 Å². The van der Waals surface area contributed by atoms with E-state index in [1.165, 1.54) is 0 Å². The van der Waals surface area contributed by atoms with Gasteiger partial charge in [0.25, 0.3) is 0 Å². The third-order valence-electron chi connectivity index (χ3n) is 4.20. The Balaban J connectivity index is 2.45. The molecule has 1 aliphatic carbocycles. The fourth-order valence-electron chi connectivity index (χ4n) is 2.18. The fraction of sp³-hybridized carbons (Fsp3) is 0.846. The minimum atomic E-state index is -1.15. The van der Waals surface area contributed by atoms with Crippen LogP contribution in [0.2, 0.25) is 0 Å². The van der Waals surface area contributed by atoms with Crippen LogP contribution in [-0.4, -0.2) is 29.2 Å². The summed E-state index contributed by atoms with van der Waals surface area (Å²) in [6, 6.07) is -0.385. The normalized spacial score (nSPS) is 21.2. The lowest BCUT2D eigenvalue weighted by Gasteiger charge is -2.28. The molecule has 0 aromatic rings. The van der Waals surface area contributed by atoms with Crippen LogP contribution in [0.4, 0.5) is 4.79 Å². The molecule has 1 saturated carbocycles. The van der Waals surface area contributed by atoms with Gasteiger partial charge in [0.15, 0.2) is 0 Å². The molecule has 5 nitrogen and oxygen atoms in total. The number of rotatable bonds is 6. The van der Waals surface area contributed by atoms with Crippen LogP contribution in [0.1, 0.15) is 47.0 Å². The molecule has 3 N–H and O–H groups in total. The molecule has 0 aromatic heterocycles. The molecule has 18 heavy (non-hydrogen) atoms. The van der Waals surface area contributed by atoms with E-state index >= 15 is 0 Å². The summed E-state index contributed by atoms with van der Waals surface area (Å²) in [4.78, 5) is 23.0. The molecule has 0 heterocycles. The maximum absolute atomic E-state index is 11.7. The maximum atomic E-state index is 11.7. The van der Waals surface area contributed by atoms with Crippen LogP contribution in [0.5, 0.6) is 0 Å². The van der Waals surface area contributed by atoms with Gasteiger partial charge < -0.3 is 15.7 Å². The predicted octanol–water partition coefficient (Wildman–Crippen LogP) is 1.98. The van der Waals surface area contributed by atoms with Crippen molar-refractivity contribution in [3.05, 3.63) is 0 Å². The van der Waals surface area contributed by atoms with Gasteiger partial charge >= 0.3 is 12.0 Å². The average Bonchev–Trinajstić information content (AvgIpc) is 2.91. The van der Waals surface area contributed by atoms with E-state index in [1.807, 2.05) is 0 Å². The zero-order valence-electron chi connectivity index (χ0n) is 11.7. The first-order chi connectivity index (χ1) is 8.27. The summed E-state index contributed by atoms with van der Waals surface area (Å²) < 4.78 is 0. The minimum absolute atomic E-state index is 0.312. The van der Waals surface area contributed by atoms with Gasteiger partial charge in [-0.25, -0.2) is 9.59 Å². The highest BCUT2D eigenvalue weighted by Crippen LogP contribution is 2.50. The molecule has 2 amide bonds. The average molecular weight is 256 g/mol. The lowest BCUT2D eigenvalue weighted by atomic mass is 9.93. The highest BCUT2D eigenvalue weighted by Gasteiger charge is 2.45. The summed E-state index contributed by atoms with van der Waals surface area (Å²) in [5.41, 5.74) is -0.837. The van der Waals surface area contributed by atoms with E-state index in [1.54, 1.807) is 13.8 Å². The van der Waals surface area contributed by atoms with Crippen LogP contribution >= 0.6 is 0 Å². The Kier molecular flexibility index (Phi) is 4.24. The number of hydrogen-bond donors (Lipinski definition) is 3. The van der Waals surface area contributed by atoms with Crippen molar-refractivity contribution in [3.63, 3.8) is 0 Å². The standard InChI is InChI=1S/C13H24N2O3/c1-5-13(6-2,10(16)17)15-11(18)14-8-9-7-12(9,3)4/h9H,5-8H2,1-4H3,(H,16,17)(H2,14,15,18). The summed E-state index contributed by atoms with van der Waals surface area (Å²) in [7, 11) is 0. The predicted molar refractivity (Wildman–Crippen MR) is 69.4 cm³/mol. The Morgan fingerprint density at radius 2 is 1.83 bits per heavy atom. The molecular weight excluding hydrogens is 232 g/mol. The Morgan fingerprint density at radius 3 is 2.17 bits per heavy atom. The minimum Gasteiger partial charge on any atom is -0.480 e. The quantitative estimate of drug-likeness (QED) is 0.680. The van der Waals surface area contributed by atoms with Gasteiger partial charge in [-0.3, -0.25) is 0 Å². The van der Waals surface area contributed by atoms with E-state index in [4.69, 9.17) is 0 Å². The Morgan fingerprint density at radius 1 is 1.33 bits per heavy atom. The molecule has 5 heteroatoms. The number of aliphatic carboxylic acids is 1. The van der Waals surface area contributed by atoms with Crippen molar-refractivity contribution in [2.45, 2.75) is 52.5 Å². The monoisotopic (exact) mass is 256 g/mol. The smallest absolute Gasteiger partial charge is 0.329 e. The molecule has 1 rings (SSSR count). The van der Waals surface area contributed by atoms with Gasteiger partial charge in [-0.15, -0.1) is 0 Å². The lowest BCUT2D eigenvalue weighted by molar-refractivity contribution is -0.144. The van der Waals surface area contributed by atoms with Gasteiger partial charge in [-0.2, -0.15) is 0 Å². The van der Waals surface area contributed by atoms with Gasteiger partial charge in [0.1, 0.15) is 5.54 Å². The van der Waals surface area contributed by atoms with Crippen LogP contribution < -0.4 is 10.6 Å². The van der Waals surface area contributed by atoms with Crippen LogP contribution in [0, 0.1) is 11.3 Å². The fourth-order valence-corrected chi connectivity index (χ4v) is 2.18. The van der Waals surface area contributed by atoms with E-state index in [0.29, 0.717) is 30.7 Å². The van der Waals surface area contributed by atoms with Gasteiger partial charge in [0.05, 0.1) is 0 Å².